The van der Waals surface area contributed by atoms with Crippen LogP contribution in [-0.2, 0) is 19.3 Å². The first-order valence-corrected chi connectivity index (χ1v) is 15.4. The van der Waals surface area contributed by atoms with Crippen LogP contribution < -0.4 is 23.7 Å². The molecule has 6 rings (SSSR count). The van der Waals surface area contributed by atoms with E-state index >= 15 is 0 Å². The van der Waals surface area contributed by atoms with Crippen molar-refractivity contribution in [3.05, 3.63) is 94.0 Å². The van der Waals surface area contributed by atoms with Crippen molar-refractivity contribution in [1.82, 2.24) is 9.80 Å². The van der Waals surface area contributed by atoms with E-state index in [1.54, 1.807) is 69.7 Å². The molecular weight excluding hydrogens is 600 g/mol. The molecule has 10 heteroatoms. The van der Waals surface area contributed by atoms with Crippen molar-refractivity contribution in [1.29, 1.82) is 0 Å². The van der Waals surface area contributed by atoms with Crippen molar-refractivity contribution in [2.45, 2.75) is 25.3 Å². The molecule has 47 heavy (non-hydrogen) atoms. The fourth-order valence-electron chi connectivity index (χ4n) is 6.32. The van der Waals surface area contributed by atoms with Gasteiger partial charge in [-0.2, -0.15) is 0 Å². The molecule has 0 aliphatic carbocycles. The molecule has 1 atom stereocenters. The van der Waals surface area contributed by atoms with Crippen LogP contribution in [0.2, 0.25) is 0 Å². The zero-order valence-corrected chi connectivity index (χ0v) is 27.2. The quantitative estimate of drug-likeness (QED) is 0.203. The normalized spacial score (nSPS) is 15.8. The van der Waals surface area contributed by atoms with Crippen molar-refractivity contribution in [2.24, 2.45) is 0 Å². The number of ether oxygens (including phenoxy) is 5. The average Bonchev–Trinajstić information content (AvgIpc) is 3.09. The minimum Gasteiger partial charge on any atom is -0.504 e. The highest BCUT2D eigenvalue weighted by Crippen LogP contribution is 2.51. The van der Waals surface area contributed by atoms with Gasteiger partial charge in [-0.3, -0.25) is 14.5 Å². The molecule has 1 unspecified atom stereocenters. The number of phenols is 1. The van der Waals surface area contributed by atoms with E-state index in [4.69, 9.17) is 23.7 Å². The van der Waals surface area contributed by atoms with E-state index < -0.39 is 0 Å². The summed E-state index contributed by atoms with van der Waals surface area (Å²) in [5, 5.41) is 10.6. The lowest BCUT2D eigenvalue weighted by Gasteiger charge is -2.37. The van der Waals surface area contributed by atoms with Gasteiger partial charge in [-0.25, -0.2) is 0 Å². The number of aldehydes is 1. The fraction of sp³-hybridized carbons (Fsp3) is 0.297. The molecule has 0 spiro atoms. The van der Waals surface area contributed by atoms with Crippen molar-refractivity contribution in [3.8, 4) is 46.0 Å². The van der Waals surface area contributed by atoms with Crippen LogP contribution in [0.25, 0.3) is 0 Å². The van der Waals surface area contributed by atoms with E-state index in [-0.39, 0.29) is 17.7 Å². The van der Waals surface area contributed by atoms with Crippen LogP contribution in [0.3, 0.4) is 0 Å². The second-order valence-electron chi connectivity index (χ2n) is 11.8. The van der Waals surface area contributed by atoms with Gasteiger partial charge in [-0.1, -0.05) is 6.07 Å². The number of fused-ring (bicyclic) bond motifs is 2. The van der Waals surface area contributed by atoms with Gasteiger partial charge in [0.15, 0.2) is 34.5 Å². The van der Waals surface area contributed by atoms with Crippen LogP contribution in [0.15, 0.2) is 60.7 Å². The maximum atomic E-state index is 13.1. The minimum absolute atomic E-state index is 0.000683. The second kappa shape index (κ2) is 13.3. The molecule has 2 heterocycles. The highest BCUT2D eigenvalue weighted by molar-refractivity contribution is 5.97. The van der Waals surface area contributed by atoms with Crippen LogP contribution in [-0.4, -0.2) is 75.6 Å². The number of methoxy groups -OCH3 is 3. The van der Waals surface area contributed by atoms with Gasteiger partial charge in [0.1, 0.15) is 12.0 Å². The number of likely N-dealkylation sites (N-methyl/N-ethyl adjacent to an activating group) is 2. The van der Waals surface area contributed by atoms with E-state index in [0.717, 1.165) is 47.9 Å². The third-order valence-corrected chi connectivity index (χ3v) is 8.94. The van der Waals surface area contributed by atoms with Crippen LogP contribution >= 0.6 is 0 Å². The van der Waals surface area contributed by atoms with Crippen LogP contribution in [0, 0.1) is 0 Å². The maximum Gasteiger partial charge on any atom is 0.254 e. The number of rotatable bonds is 10. The molecule has 1 amide bonds. The first kappa shape index (κ1) is 31.7. The molecule has 0 fully saturated rings. The lowest BCUT2D eigenvalue weighted by molar-refractivity contribution is 0.0780. The Morgan fingerprint density at radius 1 is 0.787 bits per heavy atom. The molecule has 0 saturated heterocycles. The number of benzene rings is 4. The molecule has 4 aromatic carbocycles. The van der Waals surface area contributed by atoms with Gasteiger partial charge < -0.3 is 33.7 Å². The Labute approximate surface area is 274 Å². The van der Waals surface area contributed by atoms with E-state index in [2.05, 4.69) is 11.9 Å². The molecule has 10 nitrogen and oxygen atoms in total. The summed E-state index contributed by atoms with van der Waals surface area (Å²) in [6, 6.07) is 17.5. The largest absolute Gasteiger partial charge is 0.504 e. The number of hydrogen-bond donors (Lipinski definition) is 1. The van der Waals surface area contributed by atoms with E-state index in [0.29, 0.717) is 64.3 Å². The summed E-state index contributed by atoms with van der Waals surface area (Å²) in [5.74, 6) is 3.11. The first-order chi connectivity index (χ1) is 22.7. The molecule has 0 bridgehead atoms. The number of amides is 1. The van der Waals surface area contributed by atoms with Gasteiger partial charge in [-0.15, -0.1) is 0 Å². The number of phenolic OH excluding ortho intramolecular Hbond substituents is 1. The summed E-state index contributed by atoms with van der Waals surface area (Å²) in [6.45, 7) is 1.43. The summed E-state index contributed by atoms with van der Waals surface area (Å²) < 4.78 is 30.2. The Kier molecular flexibility index (Phi) is 8.95. The molecule has 0 radical (unpaired) electrons. The Morgan fingerprint density at radius 2 is 1.51 bits per heavy atom. The Hall–Kier alpha value is -5.22. The smallest absolute Gasteiger partial charge is 0.254 e. The maximum absolute atomic E-state index is 13.1. The van der Waals surface area contributed by atoms with Crippen LogP contribution in [0.4, 0.5) is 0 Å². The summed E-state index contributed by atoms with van der Waals surface area (Å²) in [4.78, 5) is 28.1. The number of hydrogen-bond acceptors (Lipinski definition) is 9. The molecular formula is C37H38N2O8. The molecule has 4 aromatic rings. The Morgan fingerprint density at radius 3 is 2.21 bits per heavy atom. The molecule has 1 N–H and O–H groups in total. The molecule has 0 saturated carbocycles. The van der Waals surface area contributed by atoms with Gasteiger partial charge in [0.25, 0.3) is 5.91 Å². The van der Waals surface area contributed by atoms with Gasteiger partial charge in [0, 0.05) is 42.9 Å². The summed E-state index contributed by atoms with van der Waals surface area (Å²) in [5.41, 5.74) is 4.94. The molecule has 2 aliphatic rings. The van der Waals surface area contributed by atoms with Gasteiger partial charge in [0.2, 0.25) is 5.75 Å². The minimum atomic E-state index is -0.158. The standard InChI is InChI=1S/C37H38N2O8/c1-38-14-13-25-19-33(44-4)35(45-5)36(47-32-20-27-24(18-31(32)43-3)12-15-39(2)37(27)42)34(25)28(38)16-23-8-11-29(41)30(17-23)46-26-9-6-22(21-40)7-10-26/h6-11,17-21,28,41H,12-16H2,1-5H3. The molecule has 244 valence electrons. The van der Waals surface area contributed by atoms with E-state index in [1.165, 1.54) is 0 Å². The van der Waals surface area contributed by atoms with E-state index in [9.17, 15) is 14.7 Å². The van der Waals surface area contributed by atoms with Crippen molar-refractivity contribution in [2.75, 3.05) is 48.5 Å². The number of nitrogens with zero attached hydrogens (tertiary/aromatic N) is 2. The van der Waals surface area contributed by atoms with Crippen LogP contribution in [0.1, 0.15) is 49.0 Å². The lowest BCUT2D eigenvalue weighted by atomic mass is 9.87. The fourth-order valence-corrected chi connectivity index (χ4v) is 6.32. The Bertz CT molecular complexity index is 1820. The first-order valence-electron chi connectivity index (χ1n) is 15.4. The number of aromatic hydroxyl groups is 1. The highest BCUT2D eigenvalue weighted by atomic mass is 16.5. The predicted octanol–water partition coefficient (Wildman–Crippen LogP) is 6.21. The van der Waals surface area contributed by atoms with Gasteiger partial charge in [-0.05, 0) is 97.6 Å². The van der Waals surface area contributed by atoms with Crippen molar-refractivity contribution >= 4 is 12.2 Å². The van der Waals surface area contributed by atoms with Crippen molar-refractivity contribution < 1.29 is 38.4 Å². The lowest BCUT2D eigenvalue weighted by Crippen LogP contribution is -2.34. The summed E-state index contributed by atoms with van der Waals surface area (Å²) >= 11 is 0. The second-order valence-corrected chi connectivity index (χ2v) is 11.8. The topological polar surface area (TPSA) is 107 Å². The number of carbonyl (C=O) groups excluding carboxylic acids is 2. The summed E-state index contributed by atoms with van der Waals surface area (Å²) in [7, 11) is 8.61. The Balaban J connectivity index is 1.41. The van der Waals surface area contributed by atoms with Crippen molar-refractivity contribution in [3.63, 3.8) is 0 Å². The van der Waals surface area contributed by atoms with Gasteiger partial charge in [0.05, 0.1) is 21.3 Å². The zero-order valence-electron chi connectivity index (χ0n) is 27.2. The van der Waals surface area contributed by atoms with Gasteiger partial charge >= 0.3 is 0 Å². The molecule has 2 aliphatic heterocycles. The average molecular weight is 639 g/mol. The monoisotopic (exact) mass is 638 g/mol. The third kappa shape index (κ3) is 6.16. The molecule has 0 aromatic heterocycles. The van der Waals surface area contributed by atoms with E-state index in [1.807, 2.05) is 24.3 Å². The third-order valence-electron chi connectivity index (χ3n) is 8.94. The predicted molar refractivity (Wildman–Crippen MR) is 176 cm³/mol. The highest BCUT2D eigenvalue weighted by Gasteiger charge is 2.34. The summed E-state index contributed by atoms with van der Waals surface area (Å²) in [6.07, 6.45) is 2.80. The SMILES string of the molecule is COc1cc2c(cc1Oc1c(OC)c(OC)cc3c1C(Cc1ccc(O)c(Oc4ccc(C=O)cc4)c1)N(C)CC3)C(=O)N(C)CC2. The van der Waals surface area contributed by atoms with Crippen LogP contribution in [0.5, 0.6) is 46.0 Å². The zero-order chi connectivity index (χ0) is 33.2. The number of carbonyl (C=O) groups is 2.